The summed E-state index contributed by atoms with van der Waals surface area (Å²) in [6.07, 6.45) is 16.8. The van der Waals surface area contributed by atoms with Gasteiger partial charge in [0.05, 0.1) is 19.3 Å². The standard InChI is InChI=1S/C21H40O5/c1-2-3-4-11-14-20(26-18-19(23)17-22)15-12-9-7-5-6-8-10-13-16-21(24)25/h9,12,19-20,22-23H,2-8,10-11,13-18H2,1H3,(H,24,25)/b12-9-/t19?,20-/m1/s1. The Morgan fingerprint density at radius 3 is 2.38 bits per heavy atom. The zero-order valence-corrected chi connectivity index (χ0v) is 16.6. The molecule has 0 saturated carbocycles. The lowest BCUT2D eigenvalue weighted by Crippen LogP contribution is -2.24. The number of aliphatic carboxylic acids is 1. The van der Waals surface area contributed by atoms with E-state index in [2.05, 4.69) is 19.1 Å². The summed E-state index contributed by atoms with van der Waals surface area (Å²) in [6.45, 7) is 2.13. The van der Waals surface area contributed by atoms with Crippen LogP contribution in [0.3, 0.4) is 0 Å². The minimum atomic E-state index is -0.793. The highest BCUT2D eigenvalue weighted by atomic mass is 16.5. The number of hydrogen-bond acceptors (Lipinski definition) is 4. The van der Waals surface area contributed by atoms with Crippen molar-refractivity contribution in [3.8, 4) is 0 Å². The van der Waals surface area contributed by atoms with Crippen LogP contribution in [-0.4, -0.2) is 46.7 Å². The van der Waals surface area contributed by atoms with Crippen LogP contribution in [0, 0.1) is 0 Å². The van der Waals surface area contributed by atoms with E-state index in [-0.39, 0.29) is 25.7 Å². The fraction of sp³-hybridized carbons (Fsp3) is 0.857. The number of unbranched alkanes of at least 4 members (excludes halogenated alkanes) is 8. The number of carbonyl (C=O) groups is 1. The van der Waals surface area contributed by atoms with E-state index >= 15 is 0 Å². The van der Waals surface area contributed by atoms with Crippen molar-refractivity contribution in [3.05, 3.63) is 12.2 Å². The molecule has 1 unspecified atom stereocenters. The van der Waals surface area contributed by atoms with Crippen LogP contribution in [0.25, 0.3) is 0 Å². The summed E-state index contributed by atoms with van der Waals surface area (Å²) in [5, 5.41) is 26.9. The van der Waals surface area contributed by atoms with E-state index in [1.165, 1.54) is 19.3 Å². The minimum Gasteiger partial charge on any atom is -0.481 e. The van der Waals surface area contributed by atoms with Gasteiger partial charge in [-0.2, -0.15) is 0 Å². The van der Waals surface area contributed by atoms with Crippen LogP contribution < -0.4 is 0 Å². The fourth-order valence-corrected chi connectivity index (χ4v) is 2.80. The van der Waals surface area contributed by atoms with E-state index in [9.17, 15) is 9.90 Å². The summed E-state index contributed by atoms with van der Waals surface area (Å²) in [7, 11) is 0. The third kappa shape index (κ3) is 17.9. The van der Waals surface area contributed by atoms with Gasteiger partial charge >= 0.3 is 5.97 Å². The molecular formula is C21H40O5. The molecule has 0 aliphatic heterocycles. The van der Waals surface area contributed by atoms with Crippen molar-refractivity contribution in [1.29, 1.82) is 0 Å². The number of aliphatic hydroxyl groups is 2. The van der Waals surface area contributed by atoms with E-state index in [4.69, 9.17) is 14.9 Å². The molecule has 0 aromatic carbocycles. The molecule has 0 heterocycles. The van der Waals surface area contributed by atoms with Crippen LogP contribution in [0.15, 0.2) is 12.2 Å². The molecule has 0 spiro atoms. The zero-order valence-electron chi connectivity index (χ0n) is 16.6. The molecule has 0 radical (unpaired) electrons. The highest BCUT2D eigenvalue weighted by molar-refractivity contribution is 5.66. The molecule has 0 bridgehead atoms. The van der Waals surface area contributed by atoms with E-state index < -0.39 is 12.1 Å². The predicted molar refractivity (Wildman–Crippen MR) is 105 cm³/mol. The molecule has 3 N–H and O–H groups in total. The summed E-state index contributed by atoms with van der Waals surface area (Å²) in [5.74, 6) is -0.703. The summed E-state index contributed by atoms with van der Waals surface area (Å²) < 4.78 is 5.76. The van der Waals surface area contributed by atoms with Crippen LogP contribution in [-0.2, 0) is 9.53 Å². The van der Waals surface area contributed by atoms with E-state index in [1.54, 1.807) is 0 Å². The molecule has 154 valence electrons. The minimum absolute atomic E-state index is 0.111. The summed E-state index contributed by atoms with van der Waals surface area (Å²) in [4.78, 5) is 10.4. The van der Waals surface area contributed by atoms with Gasteiger partial charge in [0.2, 0.25) is 0 Å². The van der Waals surface area contributed by atoms with Gasteiger partial charge < -0.3 is 20.1 Å². The van der Waals surface area contributed by atoms with E-state index in [0.29, 0.717) is 0 Å². The van der Waals surface area contributed by atoms with Crippen molar-refractivity contribution in [2.24, 2.45) is 0 Å². The Hall–Kier alpha value is -0.910. The number of aliphatic hydroxyl groups excluding tert-OH is 2. The Labute approximate surface area is 159 Å². The Bertz CT molecular complexity index is 343. The van der Waals surface area contributed by atoms with Crippen LogP contribution in [0.2, 0.25) is 0 Å². The Balaban J connectivity index is 3.82. The second kappa shape index (κ2) is 18.9. The van der Waals surface area contributed by atoms with Gasteiger partial charge in [-0.05, 0) is 32.1 Å². The molecule has 2 atom stereocenters. The number of carboxylic acid groups (broad SMARTS) is 1. The van der Waals surface area contributed by atoms with Crippen molar-refractivity contribution < 1.29 is 24.9 Å². The lowest BCUT2D eigenvalue weighted by Gasteiger charge is -2.18. The number of ether oxygens (including phenoxy) is 1. The van der Waals surface area contributed by atoms with Gasteiger partial charge in [-0.3, -0.25) is 4.79 Å². The van der Waals surface area contributed by atoms with Crippen molar-refractivity contribution in [1.82, 2.24) is 0 Å². The maximum atomic E-state index is 10.4. The fourth-order valence-electron chi connectivity index (χ4n) is 2.80. The second-order valence-electron chi connectivity index (χ2n) is 7.05. The highest BCUT2D eigenvalue weighted by Crippen LogP contribution is 2.13. The first-order valence-corrected chi connectivity index (χ1v) is 10.4. The third-order valence-electron chi connectivity index (χ3n) is 4.44. The summed E-state index contributed by atoms with van der Waals surface area (Å²) in [5.41, 5.74) is 0. The molecular weight excluding hydrogens is 332 g/mol. The van der Waals surface area contributed by atoms with Gasteiger partial charge in [0.25, 0.3) is 0 Å². The predicted octanol–water partition coefficient (Wildman–Crippen LogP) is 4.46. The Morgan fingerprint density at radius 1 is 1.00 bits per heavy atom. The van der Waals surface area contributed by atoms with Crippen molar-refractivity contribution in [2.45, 2.75) is 103 Å². The SMILES string of the molecule is CCCCCC[C@H](C/C=C\CCCCCCCC(=O)O)OCC(O)CO. The van der Waals surface area contributed by atoms with Crippen molar-refractivity contribution in [3.63, 3.8) is 0 Å². The molecule has 0 aromatic rings. The smallest absolute Gasteiger partial charge is 0.303 e. The first-order chi connectivity index (χ1) is 12.6. The first-order valence-electron chi connectivity index (χ1n) is 10.4. The molecule has 26 heavy (non-hydrogen) atoms. The molecule has 0 amide bonds. The van der Waals surface area contributed by atoms with Gasteiger partial charge in [0, 0.05) is 6.42 Å². The topological polar surface area (TPSA) is 87.0 Å². The summed E-state index contributed by atoms with van der Waals surface area (Å²) in [6, 6.07) is 0. The van der Waals surface area contributed by atoms with E-state index in [0.717, 1.165) is 57.8 Å². The molecule has 5 nitrogen and oxygen atoms in total. The number of rotatable bonds is 19. The largest absolute Gasteiger partial charge is 0.481 e. The Morgan fingerprint density at radius 2 is 1.69 bits per heavy atom. The molecule has 0 saturated heterocycles. The number of carboxylic acids is 1. The maximum Gasteiger partial charge on any atom is 0.303 e. The molecule has 0 aromatic heterocycles. The molecule has 0 fully saturated rings. The van der Waals surface area contributed by atoms with Gasteiger partial charge in [0.15, 0.2) is 0 Å². The Kier molecular flexibility index (Phi) is 18.2. The van der Waals surface area contributed by atoms with E-state index in [1.807, 2.05) is 0 Å². The zero-order chi connectivity index (χ0) is 19.5. The third-order valence-corrected chi connectivity index (χ3v) is 4.44. The molecule has 0 rings (SSSR count). The van der Waals surface area contributed by atoms with Gasteiger partial charge in [0.1, 0.15) is 6.10 Å². The quantitative estimate of drug-likeness (QED) is 0.230. The number of hydrogen-bond donors (Lipinski definition) is 3. The molecule has 5 heteroatoms. The van der Waals surface area contributed by atoms with Crippen LogP contribution in [0.1, 0.15) is 90.4 Å². The first kappa shape index (κ1) is 25.1. The highest BCUT2D eigenvalue weighted by Gasteiger charge is 2.10. The number of allylic oxidation sites excluding steroid dienone is 1. The van der Waals surface area contributed by atoms with Crippen LogP contribution >= 0.6 is 0 Å². The van der Waals surface area contributed by atoms with Crippen molar-refractivity contribution in [2.75, 3.05) is 13.2 Å². The van der Waals surface area contributed by atoms with Crippen LogP contribution in [0.4, 0.5) is 0 Å². The monoisotopic (exact) mass is 372 g/mol. The van der Waals surface area contributed by atoms with Crippen LogP contribution in [0.5, 0.6) is 0 Å². The van der Waals surface area contributed by atoms with Gasteiger partial charge in [-0.1, -0.05) is 64.0 Å². The average Bonchev–Trinajstić information content (AvgIpc) is 2.63. The van der Waals surface area contributed by atoms with Crippen molar-refractivity contribution >= 4 is 5.97 Å². The van der Waals surface area contributed by atoms with Gasteiger partial charge in [-0.25, -0.2) is 0 Å². The lowest BCUT2D eigenvalue weighted by molar-refractivity contribution is -0.137. The maximum absolute atomic E-state index is 10.4. The average molecular weight is 373 g/mol. The second-order valence-corrected chi connectivity index (χ2v) is 7.05. The summed E-state index contributed by atoms with van der Waals surface area (Å²) >= 11 is 0. The normalized spacial score (nSPS) is 14.0. The molecule has 0 aliphatic carbocycles. The molecule has 0 aliphatic rings. The lowest BCUT2D eigenvalue weighted by atomic mass is 10.1. The van der Waals surface area contributed by atoms with Gasteiger partial charge in [-0.15, -0.1) is 0 Å².